The molecule has 42 heavy (non-hydrogen) atoms. The Labute approximate surface area is 241 Å². The van der Waals surface area contributed by atoms with E-state index in [0.717, 1.165) is 6.26 Å². The number of aliphatic carboxylic acids is 1. The maximum Gasteiger partial charge on any atom is 0.373 e. The van der Waals surface area contributed by atoms with Crippen molar-refractivity contribution in [3.63, 3.8) is 0 Å². The molecule has 0 aliphatic carbocycles. The van der Waals surface area contributed by atoms with E-state index < -0.39 is 79.4 Å². The first-order valence-electron chi connectivity index (χ1n) is 13.1. The number of hydrogen-bond donors (Lipinski definition) is 6. The number of rotatable bonds is 11. The Morgan fingerprint density at radius 2 is 1.79 bits per heavy atom. The highest BCUT2D eigenvalue weighted by Gasteiger charge is 2.47. The van der Waals surface area contributed by atoms with Crippen molar-refractivity contribution in [1.82, 2.24) is 0 Å². The first kappa shape index (κ1) is 32.8. The number of carbonyl (C=O) groups is 3. The van der Waals surface area contributed by atoms with Gasteiger partial charge >= 0.3 is 17.9 Å². The van der Waals surface area contributed by atoms with E-state index in [1.807, 2.05) is 0 Å². The smallest absolute Gasteiger partial charge is 0.373 e. The van der Waals surface area contributed by atoms with Crippen molar-refractivity contribution in [1.29, 1.82) is 0 Å². The number of aliphatic hydroxyl groups excluding tert-OH is 4. The summed E-state index contributed by atoms with van der Waals surface area (Å²) in [6.07, 6.45) is -0.813. The zero-order valence-electron chi connectivity index (χ0n) is 23.2. The Bertz CT molecular complexity index is 1230. The molecule has 230 valence electrons. The van der Waals surface area contributed by atoms with E-state index >= 15 is 0 Å². The third-order valence-electron chi connectivity index (χ3n) is 7.08. The molecular formula is C28H36NO13+. The molecule has 0 radical (unpaired) electrons. The first-order valence-corrected chi connectivity index (χ1v) is 13.1. The van der Waals surface area contributed by atoms with Crippen LogP contribution in [0.25, 0.3) is 6.08 Å². The monoisotopic (exact) mass is 594 g/mol. The van der Waals surface area contributed by atoms with Crippen molar-refractivity contribution in [2.24, 2.45) is 17.8 Å². The zero-order valence-corrected chi connectivity index (χ0v) is 23.2. The highest BCUT2D eigenvalue weighted by atomic mass is 16.8. The first-order chi connectivity index (χ1) is 19.8. The SMILES string of the molecule is C=C[C@H]1[C@H](O[C@@H]2O[C@H](CO)[C@@H](O)[C@H](O)[C@H]2O)OC=C(C(=O)OC)[C@H]1/C=C/c1cc(C(=O)O)c[n+]([C@H](C(=O)O)C(C)C)c1. The molecule has 1 saturated heterocycles. The second-order valence-electron chi connectivity index (χ2n) is 10.2. The lowest BCUT2D eigenvalue weighted by molar-refractivity contribution is -0.716. The van der Waals surface area contributed by atoms with Gasteiger partial charge in [0.1, 0.15) is 30.0 Å². The largest absolute Gasteiger partial charge is 0.477 e. The van der Waals surface area contributed by atoms with E-state index in [2.05, 4.69) is 6.58 Å². The number of methoxy groups -OCH3 is 1. The molecule has 3 rings (SSSR count). The quantitative estimate of drug-likeness (QED) is 0.110. The summed E-state index contributed by atoms with van der Waals surface area (Å²) in [5.74, 6) is -5.23. The second kappa shape index (κ2) is 14.0. The van der Waals surface area contributed by atoms with Gasteiger partial charge in [-0.3, -0.25) is 0 Å². The number of nitrogens with zero attached hydrogens (tertiary/aromatic N) is 1. The van der Waals surface area contributed by atoms with Crippen LogP contribution in [0.4, 0.5) is 0 Å². The van der Waals surface area contributed by atoms with E-state index in [1.165, 1.54) is 48.4 Å². The number of pyridine rings is 1. The van der Waals surface area contributed by atoms with Gasteiger partial charge < -0.3 is 49.6 Å². The summed E-state index contributed by atoms with van der Waals surface area (Å²) in [5, 5.41) is 59.4. The molecular weight excluding hydrogens is 558 g/mol. The maximum absolute atomic E-state index is 12.6. The number of carboxylic acid groups (broad SMARTS) is 2. The number of aliphatic hydroxyl groups is 4. The van der Waals surface area contributed by atoms with E-state index in [1.54, 1.807) is 13.8 Å². The maximum atomic E-state index is 12.6. The fourth-order valence-corrected chi connectivity index (χ4v) is 4.88. The molecule has 14 nitrogen and oxygen atoms in total. The number of aromatic nitrogens is 1. The van der Waals surface area contributed by atoms with Gasteiger partial charge in [0.05, 0.1) is 31.5 Å². The Hall–Kier alpha value is -3.66. The summed E-state index contributed by atoms with van der Waals surface area (Å²) in [5.41, 5.74) is 0.191. The summed E-state index contributed by atoms with van der Waals surface area (Å²) in [6, 6.07) is 0.280. The normalized spacial score (nSPS) is 30.3. The highest BCUT2D eigenvalue weighted by Crippen LogP contribution is 2.36. The van der Waals surface area contributed by atoms with E-state index in [-0.39, 0.29) is 17.1 Å². The number of carboxylic acids is 2. The van der Waals surface area contributed by atoms with Gasteiger partial charge in [-0.15, -0.1) is 6.58 Å². The fourth-order valence-electron chi connectivity index (χ4n) is 4.88. The highest BCUT2D eigenvalue weighted by molar-refractivity contribution is 5.90. The molecule has 14 heteroatoms. The molecule has 2 aliphatic heterocycles. The number of carbonyl (C=O) groups excluding carboxylic acids is 1. The topological polar surface area (TPSA) is 213 Å². The third kappa shape index (κ3) is 7.03. The van der Waals surface area contributed by atoms with Crippen molar-refractivity contribution in [2.75, 3.05) is 13.7 Å². The number of esters is 1. The number of allylic oxidation sites excluding steroid dienone is 1. The Kier molecular flexibility index (Phi) is 11.0. The van der Waals surface area contributed by atoms with Crippen LogP contribution in [0.3, 0.4) is 0 Å². The van der Waals surface area contributed by atoms with Crippen LogP contribution in [0.15, 0.2) is 49.0 Å². The van der Waals surface area contributed by atoms with Crippen molar-refractivity contribution >= 4 is 24.0 Å². The second-order valence-corrected chi connectivity index (χ2v) is 10.2. The minimum Gasteiger partial charge on any atom is -0.477 e. The minimum absolute atomic E-state index is 0.0418. The summed E-state index contributed by atoms with van der Waals surface area (Å²) in [4.78, 5) is 36.3. The lowest BCUT2D eigenvalue weighted by atomic mass is 9.83. The fraction of sp³-hybridized carbons (Fsp3) is 0.500. The molecule has 3 heterocycles. The molecule has 0 amide bonds. The van der Waals surface area contributed by atoms with E-state index in [0.29, 0.717) is 5.56 Å². The minimum atomic E-state index is -1.71. The van der Waals surface area contributed by atoms with Crippen LogP contribution in [0.2, 0.25) is 0 Å². The summed E-state index contributed by atoms with van der Waals surface area (Å²) in [6.45, 7) is 6.50. The van der Waals surface area contributed by atoms with Crippen LogP contribution < -0.4 is 4.57 Å². The molecule has 2 aliphatic rings. The van der Waals surface area contributed by atoms with E-state index in [9.17, 15) is 45.0 Å². The molecule has 0 spiro atoms. The van der Waals surface area contributed by atoms with Gasteiger partial charge in [-0.2, -0.15) is 4.57 Å². The standard InChI is InChI=1S/C28H35NO13/c1-5-16-17(7-6-14-8-15(24(34)35)10-29(9-14)20(13(2)3)25(36)37)18(26(38)39-4)12-40-27(16)42-28-23(33)22(32)21(31)19(11-30)41-28/h5-10,12-13,16-17,19-23,27-28,30-33H,1,11H2,2-4H3,(H-,34,35,36,37)/p+1/b7-6+/t16-,17+,19-,20+,21-,22+,23-,27+,28+/m1/s1. The Morgan fingerprint density at radius 3 is 2.33 bits per heavy atom. The lowest BCUT2D eigenvalue weighted by Gasteiger charge is -2.42. The summed E-state index contributed by atoms with van der Waals surface area (Å²) < 4.78 is 23.0. The van der Waals surface area contributed by atoms with Gasteiger partial charge in [-0.1, -0.05) is 32.1 Å². The van der Waals surface area contributed by atoms with Gasteiger partial charge in [0.2, 0.25) is 6.29 Å². The van der Waals surface area contributed by atoms with Gasteiger partial charge in [0.25, 0.3) is 6.04 Å². The average Bonchev–Trinajstić information content (AvgIpc) is 2.95. The molecule has 1 aromatic rings. The molecule has 1 aromatic heterocycles. The Morgan fingerprint density at radius 1 is 1.10 bits per heavy atom. The zero-order chi connectivity index (χ0) is 31.3. The van der Waals surface area contributed by atoms with Gasteiger partial charge in [0, 0.05) is 17.4 Å². The summed E-state index contributed by atoms with van der Waals surface area (Å²) in [7, 11) is 1.17. The molecule has 0 saturated carbocycles. The number of aromatic carboxylic acids is 1. The van der Waals surface area contributed by atoms with Gasteiger partial charge in [-0.25, -0.2) is 14.4 Å². The predicted molar refractivity (Wildman–Crippen MR) is 141 cm³/mol. The molecule has 1 fully saturated rings. The van der Waals surface area contributed by atoms with Crippen LogP contribution in [0.5, 0.6) is 0 Å². The predicted octanol–water partition coefficient (Wildman–Crippen LogP) is -0.385. The Balaban J connectivity index is 2.00. The molecule has 0 aromatic carbocycles. The molecule has 6 N–H and O–H groups in total. The van der Waals surface area contributed by atoms with Crippen molar-refractivity contribution in [2.45, 2.75) is 56.9 Å². The van der Waals surface area contributed by atoms with Crippen LogP contribution in [-0.2, 0) is 28.5 Å². The molecule has 0 unspecified atom stereocenters. The van der Waals surface area contributed by atoms with Gasteiger partial charge in [0.15, 0.2) is 18.7 Å². The lowest BCUT2D eigenvalue weighted by Crippen LogP contribution is -2.60. The number of hydrogen-bond acceptors (Lipinski definition) is 11. The molecule has 9 atom stereocenters. The summed E-state index contributed by atoms with van der Waals surface area (Å²) >= 11 is 0. The van der Waals surface area contributed by atoms with Crippen LogP contribution in [0.1, 0.15) is 35.8 Å². The third-order valence-corrected chi connectivity index (χ3v) is 7.08. The van der Waals surface area contributed by atoms with Crippen LogP contribution >= 0.6 is 0 Å². The van der Waals surface area contributed by atoms with E-state index in [4.69, 9.17) is 18.9 Å². The van der Waals surface area contributed by atoms with Crippen molar-refractivity contribution in [3.8, 4) is 0 Å². The molecule has 0 bridgehead atoms. The number of ether oxygens (including phenoxy) is 4. The van der Waals surface area contributed by atoms with Crippen molar-refractivity contribution < 1.29 is 68.5 Å². The van der Waals surface area contributed by atoms with Crippen LogP contribution in [-0.4, -0.2) is 99.3 Å². The van der Waals surface area contributed by atoms with Crippen LogP contribution in [0, 0.1) is 17.8 Å². The van der Waals surface area contributed by atoms with Crippen molar-refractivity contribution in [3.05, 3.63) is 60.2 Å². The average molecular weight is 595 g/mol. The van der Waals surface area contributed by atoms with Gasteiger partial charge in [-0.05, 0) is 6.07 Å².